The van der Waals surface area contributed by atoms with Crippen LogP contribution in [0.2, 0.25) is 0 Å². The van der Waals surface area contributed by atoms with Crippen LogP contribution < -0.4 is 5.73 Å². The zero-order chi connectivity index (χ0) is 12.4. The predicted octanol–water partition coefficient (Wildman–Crippen LogP) is 2.45. The monoisotopic (exact) mass is 240 g/mol. The lowest BCUT2D eigenvalue weighted by Crippen LogP contribution is -2.01. The molecule has 0 spiro atoms. The normalized spacial score (nSPS) is 11.2. The maximum atomic E-state index is 5.51. The van der Waals surface area contributed by atoms with Crippen LogP contribution in [-0.2, 0) is 6.42 Å². The molecule has 92 valence electrons. The number of nitrogens with zero attached hydrogens (tertiary/aromatic N) is 1. The summed E-state index contributed by atoms with van der Waals surface area (Å²) in [6, 6.07) is 8.26. The molecule has 0 aliphatic heterocycles. The second-order valence-electron chi connectivity index (χ2n) is 4.38. The van der Waals surface area contributed by atoms with Crippen LogP contribution in [0.25, 0.3) is 22.2 Å². The summed E-state index contributed by atoms with van der Waals surface area (Å²) < 4.78 is 0. The van der Waals surface area contributed by atoms with Gasteiger partial charge in [0, 0.05) is 29.1 Å². The first-order valence-corrected chi connectivity index (χ1v) is 6.19. The summed E-state index contributed by atoms with van der Waals surface area (Å²) in [5.74, 6) is 1.00. The van der Waals surface area contributed by atoms with Gasteiger partial charge in [0.25, 0.3) is 0 Å². The van der Waals surface area contributed by atoms with E-state index in [9.17, 15) is 0 Å². The topological polar surface area (TPSA) is 70.5 Å². The molecule has 3 rings (SSSR count). The number of para-hydroxylation sites is 1. The van der Waals surface area contributed by atoms with E-state index in [-0.39, 0.29) is 0 Å². The van der Waals surface area contributed by atoms with Crippen LogP contribution in [0.1, 0.15) is 12.2 Å². The number of nitrogens with two attached hydrogens (primary N) is 1. The standard InChI is InChI=1S/C14H16N4/c15-7-3-6-14-17-9-13(18-14)11-8-16-12-5-2-1-4-10(11)12/h1-2,4-5,8-9,16H,3,6-7,15H2,(H,17,18). The van der Waals surface area contributed by atoms with Gasteiger partial charge in [0.2, 0.25) is 0 Å². The molecule has 0 saturated heterocycles. The van der Waals surface area contributed by atoms with Crippen molar-refractivity contribution in [2.24, 2.45) is 5.73 Å². The SMILES string of the molecule is NCCCc1ncc(-c2c[nH]c3ccccc23)[nH]1. The molecule has 0 amide bonds. The third kappa shape index (κ3) is 1.91. The average Bonchev–Trinajstić information content (AvgIpc) is 3.02. The zero-order valence-electron chi connectivity index (χ0n) is 10.1. The Morgan fingerprint density at radius 3 is 3.00 bits per heavy atom. The van der Waals surface area contributed by atoms with Crippen LogP contribution in [0, 0.1) is 0 Å². The van der Waals surface area contributed by atoms with Crippen LogP contribution in [0.15, 0.2) is 36.7 Å². The quantitative estimate of drug-likeness (QED) is 0.655. The maximum Gasteiger partial charge on any atom is 0.106 e. The van der Waals surface area contributed by atoms with Crippen molar-refractivity contribution in [3.05, 3.63) is 42.5 Å². The van der Waals surface area contributed by atoms with E-state index in [1.165, 1.54) is 5.39 Å². The summed E-state index contributed by atoms with van der Waals surface area (Å²) in [6.07, 6.45) is 5.77. The molecule has 0 unspecified atom stereocenters. The van der Waals surface area contributed by atoms with Gasteiger partial charge in [-0.2, -0.15) is 0 Å². The minimum absolute atomic E-state index is 0.698. The number of aromatic amines is 2. The molecule has 18 heavy (non-hydrogen) atoms. The minimum atomic E-state index is 0.698. The molecule has 0 atom stereocenters. The zero-order valence-corrected chi connectivity index (χ0v) is 10.1. The van der Waals surface area contributed by atoms with E-state index in [1.54, 1.807) is 0 Å². The molecule has 2 aromatic heterocycles. The summed E-state index contributed by atoms with van der Waals surface area (Å²) in [7, 11) is 0. The van der Waals surface area contributed by atoms with Gasteiger partial charge in [0.15, 0.2) is 0 Å². The number of benzene rings is 1. The summed E-state index contributed by atoms with van der Waals surface area (Å²) in [5.41, 5.74) is 8.87. The van der Waals surface area contributed by atoms with Gasteiger partial charge in [0.05, 0.1) is 11.9 Å². The van der Waals surface area contributed by atoms with Gasteiger partial charge in [-0.1, -0.05) is 18.2 Å². The molecular weight excluding hydrogens is 224 g/mol. The Hall–Kier alpha value is -2.07. The van der Waals surface area contributed by atoms with E-state index in [1.807, 2.05) is 24.5 Å². The van der Waals surface area contributed by atoms with Crippen LogP contribution in [0.5, 0.6) is 0 Å². The van der Waals surface area contributed by atoms with E-state index in [2.05, 4.69) is 27.1 Å². The first-order valence-electron chi connectivity index (χ1n) is 6.19. The van der Waals surface area contributed by atoms with E-state index in [4.69, 9.17) is 5.73 Å². The summed E-state index contributed by atoms with van der Waals surface area (Å²) in [6.45, 7) is 0.698. The van der Waals surface area contributed by atoms with Crippen molar-refractivity contribution in [1.29, 1.82) is 0 Å². The molecular formula is C14H16N4. The molecule has 4 heteroatoms. The Morgan fingerprint density at radius 1 is 1.22 bits per heavy atom. The Balaban J connectivity index is 1.96. The van der Waals surface area contributed by atoms with E-state index < -0.39 is 0 Å². The summed E-state index contributed by atoms with van der Waals surface area (Å²) in [5, 5.41) is 1.21. The fourth-order valence-corrected chi connectivity index (χ4v) is 2.19. The molecule has 0 aliphatic rings. The van der Waals surface area contributed by atoms with Crippen LogP contribution in [0.4, 0.5) is 0 Å². The highest BCUT2D eigenvalue weighted by molar-refractivity contribution is 5.94. The van der Waals surface area contributed by atoms with Gasteiger partial charge in [0.1, 0.15) is 5.82 Å². The smallest absolute Gasteiger partial charge is 0.106 e. The highest BCUT2D eigenvalue weighted by atomic mass is 14.9. The number of hydrogen-bond acceptors (Lipinski definition) is 2. The largest absolute Gasteiger partial charge is 0.360 e. The van der Waals surface area contributed by atoms with Gasteiger partial charge >= 0.3 is 0 Å². The van der Waals surface area contributed by atoms with Gasteiger partial charge in [-0.25, -0.2) is 4.98 Å². The highest BCUT2D eigenvalue weighted by Gasteiger charge is 2.08. The van der Waals surface area contributed by atoms with Crippen LogP contribution in [-0.4, -0.2) is 21.5 Å². The third-order valence-electron chi connectivity index (χ3n) is 3.13. The van der Waals surface area contributed by atoms with E-state index >= 15 is 0 Å². The van der Waals surface area contributed by atoms with Gasteiger partial charge < -0.3 is 15.7 Å². The van der Waals surface area contributed by atoms with Crippen molar-refractivity contribution in [2.45, 2.75) is 12.8 Å². The number of hydrogen-bond donors (Lipinski definition) is 3. The Bertz CT molecular complexity index is 650. The van der Waals surface area contributed by atoms with Crippen molar-refractivity contribution in [2.75, 3.05) is 6.54 Å². The fourth-order valence-electron chi connectivity index (χ4n) is 2.19. The molecule has 0 radical (unpaired) electrons. The van der Waals surface area contributed by atoms with Crippen molar-refractivity contribution < 1.29 is 0 Å². The number of rotatable bonds is 4. The fraction of sp³-hybridized carbons (Fsp3) is 0.214. The van der Waals surface area contributed by atoms with Crippen molar-refractivity contribution in [1.82, 2.24) is 15.0 Å². The average molecular weight is 240 g/mol. The minimum Gasteiger partial charge on any atom is -0.360 e. The van der Waals surface area contributed by atoms with Crippen molar-refractivity contribution >= 4 is 10.9 Å². The Kier molecular flexibility index (Phi) is 2.86. The lowest BCUT2D eigenvalue weighted by atomic mass is 10.1. The first-order chi connectivity index (χ1) is 8.88. The van der Waals surface area contributed by atoms with E-state index in [0.717, 1.165) is 35.4 Å². The number of aryl methyl sites for hydroxylation is 1. The molecule has 0 bridgehead atoms. The van der Waals surface area contributed by atoms with Crippen LogP contribution in [0.3, 0.4) is 0 Å². The summed E-state index contributed by atoms with van der Waals surface area (Å²) in [4.78, 5) is 11.0. The van der Waals surface area contributed by atoms with Crippen molar-refractivity contribution in [3.8, 4) is 11.3 Å². The molecule has 3 aromatic rings. The molecule has 0 saturated carbocycles. The molecule has 0 fully saturated rings. The van der Waals surface area contributed by atoms with Crippen molar-refractivity contribution in [3.63, 3.8) is 0 Å². The molecule has 2 heterocycles. The Labute approximate surface area is 105 Å². The third-order valence-corrected chi connectivity index (χ3v) is 3.13. The maximum absolute atomic E-state index is 5.51. The molecule has 1 aromatic carbocycles. The molecule has 4 nitrogen and oxygen atoms in total. The number of imidazole rings is 1. The number of H-pyrrole nitrogens is 2. The first kappa shape index (κ1) is 11.0. The Morgan fingerprint density at radius 2 is 2.11 bits per heavy atom. The second-order valence-corrected chi connectivity index (χ2v) is 4.38. The van der Waals surface area contributed by atoms with Gasteiger partial charge in [-0.15, -0.1) is 0 Å². The highest BCUT2D eigenvalue weighted by Crippen LogP contribution is 2.26. The van der Waals surface area contributed by atoms with E-state index in [0.29, 0.717) is 6.54 Å². The van der Waals surface area contributed by atoms with Crippen LogP contribution >= 0.6 is 0 Å². The summed E-state index contributed by atoms with van der Waals surface area (Å²) >= 11 is 0. The number of nitrogens with one attached hydrogen (secondary N) is 2. The number of fused-ring (bicyclic) bond motifs is 1. The lowest BCUT2D eigenvalue weighted by Gasteiger charge is -1.95. The van der Waals surface area contributed by atoms with Gasteiger partial charge in [-0.05, 0) is 19.0 Å². The number of aromatic nitrogens is 3. The van der Waals surface area contributed by atoms with Gasteiger partial charge in [-0.3, -0.25) is 0 Å². The predicted molar refractivity (Wildman–Crippen MR) is 73.3 cm³/mol. The molecule has 0 aliphatic carbocycles. The lowest BCUT2D eigenvalue weighted by molar-refractivity contribution is 0.794. The molecule has 4 N–H and O–H groups in total. The second kappa shape index (κ2) is 4.66.